The molecule has 0 N–H and O–H groups in total. The second-order valence-corrected chi connectivity index (χ2v) is 10.0. The summed E-state index contributed by atoms with van der Waals surface area (Å²) in [5.74, 6) is 1.85. The predicted octanol–water partition coefficient (Wildman–Crippen LogP) is 3.20. The van der Waals surface area contributed by atoms with E-state index in [9.17, 15) is 14.4 Å². The molecule has 186 valence electrons. The Kier molecular flexibility index (Phi) is 5.50. The zero-order valence-electron chi connectivity index (χ0n) is 20.7. The van der Waals surface area contributed by atoms with E-state index in [1.165, 1.54) is 46.3 Å². The van der Waals surface area contributed by atoms with Gasteiger partial charge in [-0.2, -0.15) is 0 Å². The third-order valence-corrected chi connectivity index (χ3v) is 7.52. The smallest absolute Gasteiger partial charge is 0.332 e. The fraction of sp³-hybridized carbons (Fsp3) is 0.444. The molecule has 0 bridgehead atoms. The number of allylic oxidation sites excluding steroid dienone is 2. The summed E-state index contributed by atoms with van der Waals surface area (Å²) in [6.45, 7) is 6.60. The molecule has 36 heavy (non-hydrogen) atoms. The molecule has 0 spiro atoms. The van der Waals surface area contributed by atoms with Crippen LogP contribution in [0.15, 0.2) is 30.5 Å². The minimum atomic E-state index is -0.371. The average molecular weight is 487 g/mol. The number of carbonyl (C=O) groups excluding carboxylic acids is 3. The SMILES string of the molecule is CC(=O)N1CCN(c2ccc(C(=O)N3CCN(c4ncc(C5CC5)cc4C4=CC4)CC3)c(C)n2)C1=O. The Morgan fingerprint density at radius 1 is 1.03 bits per heavy atom. The number of rotatable bonds is 5. The molecular weight excluding hydrogens is 456 g/mol. The van der Waals surface area contributed by atoms with Gasteiger partial charge in [-0.15, -0.1) is 0 Å². The third kappa shape index (κ3) is 4.12. The number of urea groups is 1. The van der Waals surface area contributed by atoms with Gasteiger partial charge in [-0.05, 0) is 61.4 Å². The molecule has 4 aliphatic rings. The molecule has 0 unspecified atom stereocenters. The number of imide groups is 1. The average Bonchev–Trinajstić information content (AvgIpc) is 3.80. The first-order chi connectivity index (χ1) is 17.4. The summed E-state index contributed by atoms with van der Waals surface area (Å²) in [7, 11) is 0. The third-order valence-electron chi connectivity index (χ3n) is 7.52. The fourth-order valence-electron chi connectivity index (χ4n) is 5.13. The van der Waals surface area contributed by atoms with Gasteiger partial charge in [0.05, 0.1) is 11.3 Å². The lowest BCUT2D eigenvalue weighted by Gasteiger charge is -2.36. The zero-order chi connectivity index (χ0) is 25.0. The Bertz CT molecular complexity index is 1290. The van der Waals surface area contributed by atoms with Gasteiger partial charge >= 0.3 is 6.03 Å². The molecule has 2 aromatic rings. The van der Waals surface area contributed by atoms with Crippen molar-refractivity contribution in [2.75, 3.05) is 49.1 Å². The molecule has 0 atom stereocenters. The Morgan fingerprint density at radius 2 is 1.78 bits per heavy atom. The maximum atomic E-state index is 13.3. The number of carbonyl (C=O) groups is 3. The molecule has 4 heterocycles. The lowest BCUT2D eigenvalue weighted by molar-refractivity contribution is -0.125. The monoisotopic (exact) mass is 486 g/mol. The Morgan fingerprint density at radius 3 is 2.39 bits per heavy atom. The van der Waals surface area contributed by atoms with Crippen molar-refractivity contribution in [2.24, 2.45) is 0 Å². The van der Waals surface area contributed by atoms with E-state index in [4.69, 9.17) is 4.98 Å². The van der Waals surface area contributed by atoms with Crippen LogP contribution < -0.4 is 9.80 Å². The van der Waals surface area contributed by atoms with Gasteiger partial charge in [-0.25, -0.2) is 14.8 Å². The van der Waals surface area contributed by atoms with Crippen LogP contribution in [-0.2, 0) is 4.79 Å². The van der Waals surface area contributed by atoms with Crippen molar-refractivity contribution in [3.63, 3.8) is 0 Å². The summed E-state index contributed by atoms with van der Waals surface area (Å²) in [6.07, 6.45) is 7.86. The van der Waals surface area contributed by atoms with Gasteiger partial charge in [0, 0.05) is 58.0 Å². The van der Waals surface area contributed by atoms with Gasteiger partial charge in [0.15, 0.2) is 0 Å². The van der Waals surface area contributed by atoms with Crippen molar-refractivity contribution >= 4 is 35.1 Å². The van der Waals surface area contributed by atoms with Crippen molar-refractivity contribution < 1.29 is 14.4 Å². The van der Waals surface area contributed by atoms with E-state index in [0.717, 1.165) is 25.3 Å². The number of aromatic nitrogens is 2. The van der Waals surface area contributed by atoms with Crippen LogP contribution in [0.2, 0.25) is 0 Å². The second-order valence-electron chi connectivity index (χ2n) is 10.0. The largest absolute Gasteiger partial charge is 0.353 e. The standard InChI is InChI=1S/C27H30N6O3/c1-17-22(7-8-24(29-17)33-14-13-32(18(2)34)27(33)36)26(35)31-11-9-30(10-12-31)25-23(20-5-6-20)15-21(16-28-25)19-3-4-19/h5,7-8,15-16,19H,3-4,6,9-14H2,1-2H3. The van der Waals surface area contributed by atoms with Gasteiger partial charge in [0.25, 0.3) is 5.91 Å². The van der Waals surface area contributed by atoms with E-state index < -0.39 is 0 Å². The molecule has 9 heteroatoms. The number of nitrogens with zero attached hydrogens (tertiary/aromatic N) is 6. The first kappa shape index (κ1) is 22.7. The van der Waals surface area contributed by atoms with E-state index in [1.807, 2.05) is 11.1 Å². The number of piperazine rings is 1. The van der Waals surface area contributed by atoms with Crippen LogP contribution in [0.4, 0.5) is 16.4 Å². The zero-order valence-corrected chi connectivity index (χ0v) is 20.7. The molecule has 2 aromatic heterocycles. The molecule has 0 radical (unpaired) electrons. The van der Waals surface area contributed by atoms with Crippen molar-refractivity contribution in [3.8, 4) is 0 Å². The molecule has 2 aliphatic heterocycles. The molecule has 0 aromatic carbocycles. The summed E-state index contributed by atoms with van der Waals surface area (Å²) >= 11 is 0. The number of anilines is 2. The van der Waals surface area contributed by atoms with Crippen molar-refractivity contribution in [3.05, 3.63) is 52.9 Å². The lowest BCUT2D eigenvalue weighted by atomic mass is 10.1. The van der Waals surface area contributed by atoms with Crippen LogP contribution in [0, 0.1) is 6.92 Å². The molecule has 2 aliphatic carbocycles. The lowest BCUT2D eigenvalue weighted by Crippen LogP contribution is -2.49. The number of pyridine rings is 2. The Hall–Kier alpha value is -3.75. The van der Waals surface area contributed by atoms with Gasteiger partial charge < -0.3 is 9.80 Å². The maximum absolute atomic E-state index is 13.3. The Balaban J connectivity index is 1.13. The molecule has 4 amide bonds. The quantitative estimate of drug-likeness (QED) is 0.645. The highest BCUT2D eigenvalue weighted by atomic mass is 16.2. The number of hydrogen-bond donors (Lipinski definition) is 0. The fourth-order valence-corrected chi connectivity index (χ4v) is 5.13. The summed E-state index contributed by atoms with van der Waals surface area (Å²) in [6, 6.07) is 5.39. The van der Waals surface area contributed by atoms with Crippen LogP contribution in [0.5, 0.6) is 0 Å². The topological polar surface area (TPSA) is 90.0 Å². The van der Waals surface area contributed by atoms with Crippen LogP contribution in [0.25, 0.3) is 5.57 Å². The van der Waals surface area contributed by atoms with Crippen molar-refractivity contribution in [2.45, 2.75) is 39.0 Å². The molecular formula is C27H30N6O3. The normalized spacial score (nSPS) is 19.6. The van der Waals surface area contributed by atoms with Crippen molar-refractivity contribution in [1.82, 2.24) is 19.8 Å². The number of hydrogen-bond acceptors (Lipinski definition) is 6. The van der Waals surface area contributed by atoms with Gasteiger partial charge in [0.1, 0.15) is 11.6 Å². The summed E-state index contributed by atoms with van der Waals surface area (Å²) in [4.78, 5) is 53.7. The van der Waals surface area contributed by atoms with Gasteiger partial charge in [-0.3, -0.25) is 19.4 Å². The van der Waals surface area contributed by atoms with E-state index in [-0.39, 0.29) is 17.8 Å². The summed E-state index contributed by atoms with van der Waals surface area (Å²) in [5.41, 5.74) is 5.11. The number of amides is 4. The van der Waals surface area contributed by atoms with Gasteiger partial charge in [0.2, 0.25) is 5.91 Å². The summed E-state index contributed by atoms with van der Waals surface area (Å²) < 4.78 is 0. The first-order valence-electron chi connectivity index (χ1n) is 12.7. The van der Waals surface area contributed by atoms with E-state index in [0.29, 0.717) is 49.2 Å². The van der Waals surface area contributed by atoms with Crippen LogP contribution in [0.3, 0.4) is 0 Å². The number of aryl methyl sites for hydroxylation is 1. The van der Waals surface area contributed by atoms with E-state index in [2.05, 4.69) is 22.0 Å². The minimum Gasteiger partial charge on any atom is -0.353 e. The molecule has 3 fully saturated rings. The minimum absolute atomic E-state index is 0.0496. The molecule has 6 rings (SSSR count). The van der Waals surface area contributed by atoms with E-state index >= 15 is 0 Å². The van der Waals surface area contributed by atoms with Crippen LogP contribution in [-0.4, -0.2) is 76.9 Å². The van der Waals surface area contributed by atoms with Crippen molar-refractivity contribution in [1.29, 1.82) is 0 Å². The second kappa shape index (κ2) is 8.72. The highest BCUT2D eigenvalue weighted by molar-refractivity contribution is 6.04. The maximum Gasteiger partial charge on any atom is 0.332 e. The molecule has 1 saturated carbocycles. The summed E-state index contributed by atoms with van der Waals surface area (Å²) in [5, 5.41) is 0. The highest BCUT2D eigenvalue weighted by Gasteiger charge is 2.34. The van der Waals surface area contributed by atoms with E-state index in [1.54, 1.807) is 19.1 Å². The molecule has 2 saturated heterocycles. The van der Waals surface area contributed by atoms with Crippen LogP contribution >= 0.6 is 0 Å². The first-order valence-corrected chi connectivity index (χ1v) is 12.7. The highest BCUT2D eigenvalue weighted by Crippen LogP contribution is 2.44. The molecule has 9 nitrogen and oxygen atoms in total. The Labute approximate surface area is 210 Å². The predicted molar refractivity (Wildman–Crippen MR) is 136 cm³/mol. The van der Waals surface area contributed by atoms with Crippen LogP contribution in [0.1, 0.15) is 59.3 Å². The van der Waals surface area contributed by atoms with Gasteiger partial charge in [-0.1, -0.05) is 6.08 Å².